The summed E-state index contributed by atoms with van der Waals surface area (Å²) in [5, 5.41) is 2.90. The van der Waals surface area contributed by atoms with Crippen molar-refractivity contribution in [1.82, 2.24) is 4.57 Å². The number of rotatable bonds is 4. The molecule has 0 aliphatic rings. The first-order valence-electron chi connectivity index (χ1n) is 7.94. The van der Waals surface area contributed by atoms with Crippen LogP contribution < -0.4 is 5.32 Å². The number of fused-ring (bicyclic) bond motifs is 1. The number of amides is 1. The largest absolute Gasteiger partial charge is 0.464 e. The molecular formula is C19H20N2O4. The van der Waals surface area contributed by atoms with Crippen molar-refractivity contribution >= 4 is 28.7 Å². The Morgan fingerprint density at radius 2 is 1.92 bits per heavy atom. The van der Waals surface area contributed by atoms with Crippen LogP contribution in [-0.2, 0) is 16.1 Å². The van der Waals surface area contributed by atoms with Crippen molar-refractivity contribution in [3.8, 4) is 0 Å². The first kappa shape index (κ1) is 16.8. The number of carbonyl (C=O) groups excluding carboxylic acids is 2. The highest BCUT2D eigenvalue weighted by molar-refractivity contribution is 5.97. The summed E-state index contributed by atoms with van der Waals surface area (Å²) < 4.78 is 12.0. The molecule has 0 aliphatic carbocycles. The molecule has 0 atom stereocenters. The van der Waals surface area contributed by atoms with Crippen molar-refractivity contribution in [2.75, 3.05) is 12.4 Å². The third kappa shape index (κ3) is 3.28. The number of methoxy groups -OCH3 is 1. The molecule has 0 bridgehead atoms. The van der Waals surface area contributed by atoms with Gasteiger partial charge in [0.05, 0.1) is 12.6 Å². The van der Waals surface area contributed by atoms with Crippen molar-refractivity contribution in [3.05, 3.63) is 52.9 Å². The van der Waals surface area contributed by atoms with E-state index < -0.39 is 5.97 Å². The van der Waals surface area contributed by atoms with Crippen molar-refractivity contribution in [2.45, 2.75) is 27.3 Å². The molecular weight excluding hydrogens is 320 g/mol. The number of hydrogen-bond donors (Lipinski definition) is 1. The molecule has 1 amide bonds. The van der Waals surface area contributed by atoms with Crippen LogP contribution in [0.1, 0.15) is 27.4 Å². The quantitative estimate of drug-likeness (QED) is 0.737. The van der Waals surface area contributed by atoms with E-state index in [1.807, 2.05) is 39.0 Å². The van der Waals surface area contributed by atoms with Gasteiger partial charge in [0.1, 0.15) is 18.0 Å². The zero-order valence-corrected chi connectivity index (χ0v) is 14.7. The van der Waals surface area contributed by atoms with Gasteiger partial charge in [-0.15, -0.1) is 0 Å². The minimum absolute atomic E-state index is 0.0136. The Morgan fingerprint density at radius 3 is 2.64 bits per heavy atom. The molecule has 0 saturated carbocycles. The highest BCUT2D eigenvalue weighted by atomic mass is 16.5. The van der Waals surface area contributed by atoms with E-state index in [1.54, 1.807) is 16.7 Å². The van der Waals surface area contributed by atoms with Crippen LogP contribution in [0.4, 0.5) is 5.69 Å². The first-order valence-corrected chi connectivity index (χ1v) is 7.94. The van der Waals surface area contributed by atoms with E-state index >= 15 is 0 Å². The molecule has 0 fully saturated rings. The molecule has 0 radical (unpaired) electrons. The number of carbonyl (C=O) groups is 2. The summed E-state index contributed by atoms with van der Waals surface area (Å²) in [7, 11) is 1.31. The summed E-state index contributed by atoms with van der Waals surface area (Å²) in [6.45, 7) is 5.70. The van der Waals surface area contributed by atoms with Gasteiger partial charge >= 0.3 is 5.97 Å². The van der Waals surface area contributed by atoms with E-state index in [1.165, 1.54) is 7.11 Å². The molecule has 0 aliphatic heterocycles. The average molecular weight is 340 g/mol. The van der Waals surface area contributed by atoms with Gasteiger partial charge in [0.25, 0.3) is 0 Å². The number of aryl methyl sites for hydroxylation is 3. The van der Waals surface area contributed by atoms with Gasteiger partial charge in [-0.3, -0.25) is 4.79 Å². The molecule has 0 unspecified atom stereocenters. The maximum absolute atomic E-state index is 12.5. The van der Waals surface area contributed by atoms with Gasteiger partial charge in [-0.1, -0.05) is 12.1 Å². The monoisotopic (exact) mass is 340 g/mol. The van der Waals surface area contributed by atoms with Gasteiger partial charge < -0.3 is 19.0 Å². The Bertz CT molecular complexity index is 965. The van der Waals surface area contributed by atoms with Gasteiger partial charge in [-0.05, 0) is 38.0 Å². The summed E-state index contributed by atoms with van der Waals surface area (Å²) in [5.41, 5.74) is 4.32. The molecule has 1 N–H and O–H groups in total. The number of esters is 1. The molecule has 6 heteroatoms. The molecule has 0 saturated heterocycles. The van der Waals surface area contributed by atoms with E-state index in [9.17, 15) is 9.59 Å². The summed E-state index contributed by atoms with van der Waals surface area (Å²) >= 11 is 0. The molecule has 0 spiro atoms. The fourth-order valence-electron chi connectivity index (χ4n) is 2.81. The Kier molecular flexibility index (Phi) is 4.35. The molecule has 2 aromatic heterocycles. The van der Waals surface area contributed by atoms with E-state index in [4.69, 9.17) is 9.15 Å². The van der Waals surface area contributed by atoms with Crippen molar-refractivity contribution < 1.29 is 18.7 Å². The molecule has 3 aromatic rings. The number of hydrogen-bond acceptors (Lipinski definition) is 4. The fraction of sp³-hybridized carbons (Fsp3) is 0.263. The standard InChI is InChI=1S/C19H20N2O4/c1-11-5-6-12(2)14(7-11)20-18(22)10-21-15-8-13(3)25-17(15)9-16(21)19(23)24-4/h5-9H,10H2,1-4H3,(H,20,22). The predicted molar refractivity (Wildman–Crippen MR) is 94.8 cm³/mol. The lowest BCUT2D eigenvalue weighted by atomic mass is 10.1. The highest BCUT2D eigenvalue weighted by Crippen LogP contribution is 2.24. The summed E-state index contributed by atoms with van der Waals surface area (Å²) in [4.78, 5) is 24.6. The summed E-state index contributed by atoms with van der Waals surface area (Å²) in [6, 6.07) is 9.26. The zero-order valence-electron chi connectivity index (χ0n) is 14.7. The number of benzene rings is 1. The number of ether oxygens (including phenoxy) is 1. The number of aromatic nitrogens is 1. The normalized spacial score (nSPS) is 10.9. The van der Waals surface area contributed by atoms with Gasteiger partial charge in [-0.25, -0.2) is 4.79 Å². The molecule has 3 rings (SSSR count). The SMILES string of the molecule is COC(=O)c1cc2oc(C)cc2n1CC(=O)Nc1cc(C)ccc1C. The van der Waals surface area contributed by atoms with Crippen molar-refractivity contribution in [3.63, 3.8) is 0 Å². The van der Waals surface area contributed by atoms with Gasteiger partial charge in [0, 0.05) is 17.8 Å². The highest BCUT2D eigenvalue weighted by Gasteiger charge is 2.20. The van der Waals surface area contributed by atoms with Crippen molar-refractivity contribution in [1.29, 1.82) is 0 Å². The predicted octanol–water partition coefficient (Wildman–Crippen LogP) is 3.58. The lowest BCUT2D eigenvalue weighted by Gasteiger charge is -2.12. The zero-order chi connectivity index (χ0) is 18.1. The average Bonchev–Trinajstić information content (AvgIpc) is 3.07. The smallest absolute Gasteiger partial charge is 0.354 e. The van der Waals surface area contributed by atoms with Crippen molar-refractivity contribution in [2.24, 2.45) is 0 Å². The number of furan rings is 1. The number of nitrogens with zero attached hydrogens (tertiary/aromatic N) is 1. The second kappa shape index (κ2) is 6.47. The minimum Gasteiger partial charge on any atom is -0.464 e. The number of nitrogens with one attached hydrogen (secondary N) is 1. The van der Waals surface area contributed by atoms with E-state index in [2.05, 4.69) is 5.32 Å². The Labute approximate surface area is 145 Å². The molecule has 6 nitrogen and oxygen atoms in total. The molecule has 2 heterocycles. The van der Waals surface area contributed by atoms with E-state index in [0.29, 0.717) is 16.9 Å². The molecule has 130 valence electrons. The van der Waals surface area contributed by atoms with Crippen LogP contribution in [0.25, 0.3) is 11.1 Å². The third-order valence-corrected chi connectivity index (χ3v) is 4.08. The lowest BCUT2D eigenvalue weighted by molar-refractivity contribution is -0.116. The van der Waals surface area contributed by atoms with E-state index in [-0.39, 0.29) is 18.1 Å². The minimum atomic E-state index is -0.511. The van der Waals surface area contributed by atoms with E-state index in [0.717, 1.165) is 16.8 Å². The van der Waals surface area contributed by atoms with Gasteiger partial charge in [0.2, 0.25) is 5.91 Å². The number of anilines is 1. The van der Waals surface area contributed by atoms with Crippen LogP contribution >= 0.6 is 0 Å². The maximum Gasteiger partial charge on any atom is 0.354 e. The van der Waals surface area contributed by atoms with Crippen LogP contribution in [-0.4, -0.2) is 23.6 Å². The van der Waals surface area contributed by atoms with Gasteiger partial charge in [0.15, 0.2) is 5.58 Å². The topological polar surface area (TPSA) is 73.5 Å². The maximum atomic E-state index is 12.5. The van der Waals surface area contributed by atoms with Crippen LogP contribution in [0.2, 0.25) is 0 Å². The second-order valence-corrected chi connectivity index (χ2v) is 6.08. The molecule has 25 heavy (non-hydrogen) atoms. The summed E-state index contributed by atoms with van der Waals surface area (Å²) in [6.07, 6.45) is 0. The van der Waals surface area contributed by atoms with Crippen LogP contribution in [0.5, 0.6) is 0 Å². The Hall–Kier alpha value is -3.02. The Balaban J connectivity index is 1.92. The third-order valence-electron chi connectivity index (χ3n) is 4.08. The second-order valence-electron chi connectivity index (χ2n) is 6.08. The van der Waals surface area contributed by atoms with Crippen LogP contribution in [0, 0.1) is 20.8 Å². The first-order chi connectivity index (χ1) is 11.9. The summed E-state index contributed by atoms with van der Waals surface area (Å²) in [5.74, 6) is -0.0242. The lowest BCUT2D eigenvalue weighted by Crippen LogP contribution is -2.22. The molecule has 1 aromatic carbocycles. The Morgan fingerprint density at radius 1 is 1.16 bits per heavy atom. The van der Waals surface area contributed by atoms with Crippen LogP contribution in [0.3, 0.4) is 0 Å². The van der Waals surface area contributed by atoms with Crippen LogP contribution in [0.15, 0.2) is 34.7 Å². The fourth-order valence-corrected chi connectivity index (χ4v) is 2.81. The van der Waals surface area contributed by atoms with Gasteiger partial charge in [-0.2, -0.15) is 0 Å².